The summed E-state index contributed by atoms with van der Waals surface area (Å²) in [4.78, 5) is 29.6. The fraction of sp³-hybridized carbons (Fsp3) is 0.467. The van der Waals surface area contributed by atoms with Crippen LogP contribution in [0.2, 0.25) is 0 Å². The van der Waals surface area contributed by atoms with Gasteiger partial charge in [-0.15, -0.1) is 0 Å². The van der Waals surface area contributed by atoms with E-state index in [-0.39, 0.29) is 11.7 Å². The maximum Gasteiger partial charge on any atom is 0.295 e. The van der Waals surface area contributed by atoms with E-state index in [1.54, 1.807) is 23.1 Å². The monoisotopic (exact) mass is 506 g/mol. The van der Waals surface area contributed by atoms with E-state index >= 15 is 0 Å². The van der Waals surface area contributed by atoms with Crippen LogP contribution in [-0.4, -0.2) is 55.5 Å². The Balaban J connectivity index is 1.74. The van der Waals surface area contributed by atoms with Gasteiger partial charge < -0.3 is 24.4 Å². The average Bonchev–Trinajstić information content (AvgIpc) is 3.40. The van der Waals surface area contributed by atoms with Gasteiger partial charge in [0.1, 0.15) is 17.6 Å². The van der Waals surface area contributed by atoms with Crippen molar-refractivity contribution in [1.29, 1.82) is 0 Å². The number of ketones is 1. The summed E-state index contributed by atoms with van der Waals surface area (Å²) < 4.78 is 11.6. The minimum absolute atomic E-state index is 0.0136. The molecule has 198 valence electrons. The van der Waals surface area contributed by atoms with Crippen LogP contribution in [0, 0.1) is 0 Å². The number of fused-ring (bicyclic) bond motifs is 1. The van der Waals surface area contributed by atoms with Gasteiger partial charge in [0.15, 0.2) is 0 Å². The summed E-state index contributed by atoms with van der Waals surface area (Å²) in [7, 11) is 0. The molecule has 0 radical (unpaired) electrons. The number of hydrogen-bond donors (Lipinski definition) is 1. The molecule has 7 heteroatoms. The lowest BCUT2D eigenvalue weighted by Gasteiger charge is -2.28. The lowest BCUT2D eigenvalue weighted by Crippen LogP contribution is -3.11. The number of nitrogens with zero attached hydrogens (tertiary/aromatic N) is 1. The van der Waals surface area contributed by atoms with Gasteiger partial charge in [-0.3, -0.25) is 9.59 Å². The van der Waals surface area contributed by atoms with Crippen molar-refractivity contribution in [2.45, 2.75) is 59.1 Å². The number of nitrogens with one attached hydrogen (secondary N) is 1. The van der Waals surface area contributed by atoms with Crippen molar-refractivity contribution >= 4 is 17.4 Å². The molecule has 0 spiro atoms. The standard InChI is InChI=1S/C30H38N2O5/c1-5-16-36-24-11-8-10-21(19-24)27-26(28(33)22-12-13-25-23(18-22)17-20(4)37-25)29(34)30(35)32(27)15-9-14-31(6-2)7-3/h8,10-13,18-20,27,33H,5-7,9,14-17H2,1-4H3. The minimum atomic E-state index is -0.743. The van der Waals surface area contributed by atoms with Crippen molar-refractivity contribution in [3.05, 3.63) is 64.7 Å². The number of rotatable bonds is 11. The predicted octanol–water partition coefficient (Wildman–Crippen LogP) is 2.34. The molecule has 2 aliphatic rings. The Morgan fingerprint density at radius 1 is 1.14 bits per heavy atom. The molecule has 1 fully saturated rings. The molecule has 2 unspecified atom stereocenters. The summed E-state index contributed by atoms with van der Waals surface area (Å²) in [6, 6.07) is 11.9. The first-order valence-electron chi connectivity index (χ1n) is 13.5. The Morgan fingerprint density at radius 2 is 1.92 bits per heavy atom. The molecule has 1 N–H and O–H groups in total. The van der Waals surface area contributed by atoms with E-state index in [0.29, 0.717) is 36.4 Å². The van der Waals surface area contributed by atoms with Crippen LogP contribution in [0.3, 0.4) is 0 Å². The SMILES string of the molecule is CCCOc1cccc(C2C(=C([O-])c3ccc4c(c3)CC(C)O4)C(=O)C(=O)N2CCC[NH+](CC)CC)c1. The molecular weight excluding hydrogens is 468 g/mol. The van der Waals surface area contributed by atoms with E-state index < -0.39 is 23.5 Å². The molecule has 2 aliphatic heterocycles. The van der Waals surface area contributed by atoms with E-state index in [9.17, 15) is 14.7 Å². The molecule has 2 atom stereocenters. The third kappa shape index (κ3) is 5.67. The van der Waals surface area contributed by atoms with Gasteiger partial charge in [-0.2, -0.15) is 0 Å². The summed E-state index contributed by atoms with van der Waals surface area (Å²) in [6.45, 7) is 12.2. The molecule has 0 aromatic heterocycles. The van der Waals surface area contributed by atoms with Crippen LogP contribution >= 0.6 is 0 Å². The van der Waals surface area contributed by atoms with E-state index in [4.69, 9.17) is 9.47 Å². The van der Waals surface area contributed by atoms with Gasteiger partial charge in [-0.25, -0.2) is 0 Å². The van der Waals surface area contributed by atoms with Gasteiger partial charge in [0.05, 0.1) is 32.3 Å². The molecule has 2 heterocycles. The van der Waals surface area contributed by atoms with E-state index in [1.165, 1.54) is 4.90 Å². The van der Waals surface area contributed by atoms with Crippen molar-refractivity contribution in [2.75, 3.05) is 32.8 Å². The molecule has 1 saturated heterocycles. The van der Waals surface area contributed by atoms with Gasteiger partial charge in [-0.1, -0.05) is 30.9 Å². The first-order valence-corrected chi connectivity index (χ1v) is 13.5. The Morgan fingerprint density at radius 3 is 2.65 bits per heavy atom. The predicted molar refractivity (Wildman–Crippen MR) is 140 cm³/mol. The largest absolute Gasteiger partial charge is 0.872 e. The third-order valence-electron chi connectivity index (χ3n) is 7.26. The topological polar surface area (TPSA) is 83.3 Å². The number of carbonyl (C=O) groups excluding carboxylic acids is 2. The highest BCUT2D eigenvalue weighted by Crippen LogP contribution is 2.40. The third-order valence-corrected chi connectivity index (χ3v) is 7.26. The van der Waals surface area contributed by atoms with E-state index in [2.05, 4.69) is 13.8 Å². The highest BCUT2D eigenvalue weighted by atomic mass is 16.5. The van der Waals surface area contributed by atoms with Gasteiger partial charge in [0, 0.05) is 25.0 Å². The molecule has 4 rings (SSSR count). The Bertz CT molecular complexity index is 1170. The minimum Gasteiger partial charge on any atom is -0.872 e. The molecule has 2 aromatic rings. The van der Waals surface area contributed by atoms with Crippen LogP contribution in [0.25, 0.3) is 5.76 Å². The smallest absolute Gasteiger partial charge is 0.295 e. The summed E-state index contributed by atoms with van der Waals surface area (Å²) in [5.41, 5.74) is 2.08. The second-order valence-electron chi connectivity index (χ2n) is 9.91. The summed E-state index contributed by atoms with van der Waals surface area (Å²) >= 11 is 0. The van der Waals surface area contributed by atoms with Crippen molar-refractivity contribution in [3.8, 4) is 11.5 Å². The van der Waals surface area contributed by atoms with Crippen LogP contribution < -0.4 is 19.5 Å². The lowest BCUT2D eigenvalue weighted by atomic mass is 9.94. The van der Waals surface area contributed by atoms with Crippen molar-refractivity contribution in [2.24, 2.45) is 0 Å². The molecule has 37 heavy (non-hydrogen) atoms. The van der Waals surface area contributed by atoms with Crippen molar-refractivity contribution in [3.63, 3.8) is 0 Å². The number of benzene rings is 2. The van der Waals surface area contributed by atoms with Gasteiger partial charge in [0.25, 0.3) is 5.91 Å². The highest BCUT2D eigenvalue weighted by Gasteiger charge is 2.44. The molecule has 1 amide bonds. The Hall–Kier alpha value is -3.32. The first-order chi connectivity index (χ1) is 17.9. The fourth-order valence-electron chi connectivity index (χ4n) is 5.26. The number of quaternary nitrogens is 1. The number of hydrogen-bond acceptors (Lipinski definition) is 5. The van der Waals surface area contributed by atoms with Crippen LogP contribution in [-0.2, 0) is 16.0 Å². The van der Waals surface area contributed by atoms with Gasteiger partial charge in [-0.05, 0) is 68.1 Å². The van der Waals surface area contributed by atoms with Crippen molar-refractivity contribution in [1.82, 2.24) is 4.90 Å². The normalized spacial score (nSPS) is 20.4. The summed E-state index contributed by atoms with van der Waals surface area (Å²) in [6.07, 6.45) is 2.36. The first kappa shape index (κ1) is 26.7. The van der Waals surface area contributed by atoms with Crippen LogP contribution in [0.4, 0.5) is 0 Å². The number of carbonyl (C=O) groups is 2. The molecular formula is C30H38N2O5. The molecule has 0 aliphatic carbocycles. The summed E-state index contributed by atoms with van der Waals surface area (Å²) in [5, 5.41) is 13.8. The van der Waals surface area contributed by atoms with Crippen LogP contribution in [0.5, 0.6) is 11.5 Å². The zero-order valence-electron chi connectivity index (χ0n) is 22.3. The Labute approximate surface area is 219 Å². The maximum atomic E-state index is 13.8. The Kier molecular flexibility index (Phi) is 8.54. The molecule has 2 aromatic carbocycles. The molecule has 7 nitrogen and oxygen atoms in total. The van der Waals surface area contributed by atoms with E-state index in [1.807, 2.05) is 38.1 Å². The van der Waals surface area contributed by atoms with Gasteiger partial charge >= 0.3 is 0 Å². The zero-order valence-corrected chi connectivity index (χ0v) is 22.3. The molecule has 0 bridgehead atoms. The van der Waals surface area contributed by atoms with Crippen LogP contribution in [0.15, 0.2) is 48.0 Å². The van der Waals surface area contributed by atoms with Crippen LogP contribution in [0.1, 0.15) is 63.3 Å². The number of amides is 1. The molecule has 0 saturated carbocycles. The lowest BCUT2D eigenvalue weighted by molar-refractivity contribution is -0.896. The maximum absolute atomic E-state index is 13.8. The number of likely N-dealkylation sites (tertiary alicyclic amines) is 1. The number of Topliss-reactive ketones (excluding diaryl/α,β-unsaturated/α-hetero) is 1. The second kappa shape index (κ2) is 11.8. The fourth-order valence-corrected chi connectivity index (χ4v) is 5.26. The van der Waals surface area contributed by atoms with E-state index in [0.717, 1.165) is 43.8 Å². The number of ether oxygens (including phenoxy) is 2. The van der Waals surface area contributed by atoms with Gasteiger partial charge in [0.2, 0.25) is 5.78 Å². The second-order valence-corrected chi connectivity index (χ2v) is 9.91. The van der Waals surface area contributed by atoms with Crippen molar-refractivity contribution < 1.29 is 29.1 Å². The summed E-state index contributed by atoms with van der Waals surface area (Å²) in [5.74, 6) is -0.298. The quantitative estimate of drug-likeness (QED) is 0.287. The highest BCUT2D eigenvalue weighted by molar-refractivity contribution is 6.46. The zero-order chi connectivity index (χ0) is 26.5. The average molecular weight is 507 g/mol.